The first kappa shape index (κ1) is 16.1. The monoisotopic (exact) mass is 386 g/mol. The molecule has 0 radical (unpaired) electrons. The van der Waals surface area contributed by atoms with Crippen molar-refractivity contribution in [2.75, 3.05) is 11.9 Å². The van der Waals surface area contributed by atoms with Gasteiger partial charge >= 0.3 is 6.03 Å². The van der Waals surface area contributed by atoms with Gasteiger partial charge in [0.05, 0.1) is 0 Å². The number of hydrogen-bond donors (Lipinski definition) is 2. The SMILES string of the molecule is O=C(NCCc1ccccc1Br)Nc1cc(Cl)cc(Cl)c1. The van der Waals surface area contributed by atoms with Gasteiger partial charge in [0.15, 0.2) is 0 Å². The van der Waals surface area contributed by atoms with Gasteiger partial charge in [0.25, 0.3) is 0 Å². The molecule has 2 aromatic carbocycles. The average Bonchev–Trinajstić information content (AvgIpc) is 2.39. The molecule has 3 nitrogen and oxygen atoms in total. The molecule has 2 aromatic rings. The summed E-state index contributed by atoms with van der Waals surface area (Å²) in [6, 6.07) is 12.5. The number of rotatable bonds is 4. The lowest BCUT2D eigenvalue weighted by Gasteiger charge is -2.09. The molecule has 0 aromatic heterocycles. The van der Waals surface area contributed by atoms with E-state index >= 15 is 0 Å². The Balaban J connectivity index is 1.84. The molecule has 0 aliphatic rings. The predicted octanol–water partition coefficient (Wildman–Crippen LogP) is 5.12. The Morgan fingerprint density at radius 2 is 1.76 bits per heavy atom. The molecule has 0 fully saturated rings. The van der Waals surface area contributed by atoms with Gasteiger partial charge in [-0.1, -0.05) is 57.3 Å². The van der Waals surface area contributed by atoms with Crippen LogP contribution in [0, 0.1) is 0 Å². The van der Waals surface area contributed by atoms with E-state index in [0.717, 1.165) is 16.5 Å². The molecule has 0 aliphatic carbocycles. The third-order valence-corrected chi connectivity index (χ3v) is 3.97. The molecule has 0 saturated carbocycles. The van der Waals surface area contributed by atoms with Crippen molar-refractivity contribution in [2.45, 2.75) is 6.42 Å². The average molecular weight is 388 g/mol. The summed E-state index contributed by atoms with van der Waals surface area (Å²) in [5.41, 5.74) is 1.70. The quantitative estimate of drug-likeness (QED) is 0.750. The molecular weight excluding hydrogens is 375 g/mol. The van der Waals surface area contributed by atoms with Crippen molar-refractivity contribution >= 4 is 50.9 Å². The Morgan fingerprint density at radius 1 is 1.10 bits per heavy atom. The Bertz CT molecular complexity index is 629. The number of anilines is 1. The zero-order chi connectivity index (χ0) is 15.2. The fraction of sp³-hybridized carbons (Fsp3) is 0.133. The minimum atomic E-state index is -0.291. The van der Waals surface area contributed by atoms with Crippen LogP contribution in [0.25, 0.3) is 0 Å². The molecule has 2 N–H and O–H groups in total. The van der Waals surface area contributed by atoms with E-state index in [0.29, 0.717) is 22.3 Å². The lowest BCUT2D eigenvalue weighted by Crippen LogP contribution is -2.30. The third-order valence-electron chi connectivity index (χ3n) is 2.76. The summed E-state index contributed by atoms with van der Waals surface area (Å²) in [5.74, 6) is 0. The maximum Gasteiger partial charge on any atom is 0.319 e. The van der Waals surface area contributed by atoms with E-state index in [-0.39, 0.29) is 6.03 Å². The predicted molar refractivity (Wildman–Crippen MR) is 91.3 cm³/mol. The topological polar surface area (TPSA) is 41.1 Å². The minimum Gasteiger partial charge on any atom is -0.338 e. The van der Waals surface area contributed by atoms with Crippen molar-refractivity contribution in [3.05, 3.63) is 62.5 Å². The normalized spacial score (nSPS) is 10.2. The zero-order valence-electron chi connectivity index (χ0n) is 11.0. The number of amides is 2. The van der Waals surface area contributed by atoms with Gasteiger partial charge in [-0.05, 0) is 36.2 Å². The second-order valence-corrected chi connectivity index (χ2v) is 6.11. The van der Waals surface area contributed by atoms with Gasteiger partial charge in [-0.3, -0.25) is 0 Å². The highest BCUT2D eigenvalue weighted by Crippen LogP contribution is 2.22. The molecule has 0 atom stereocenters. The van der Waals surface area contributed by atoms with Gasteiger partial charge in [0.2, 0.25) is 0 Å². The molecule has 0 unspecified atom stereocenters. The summed E-state index contributed by atoms with van der Waals surface area (Å²) < 4.78 is 1.04. The smallest absolute Gasteiger partial charge is 0.319 e. The fourth-order valence-electron chi connectivity index (χ4n) is 1.81. The molecule has 0 saturated heterocycles. The summed E-state index contributed by atoms with van der Waals surface area (Å²) in [6.07, 6.45) is 0.741. The lowest BCUT2D eigenvalue weighted by molar-refractivity contribution is 0.252. The number of nitrogens with one attached hydrogen (secondary N) is 2. The first-order valence-electron chi connectivity index (χ1n) is 6.29. The van der Waals surface area contributed by atoms with Crippen LogP contribution >= 0.6 is 39.1 Å². The highest BCUT2D eigenvalue weighted by molar-refractivity contribution is 9.10. The van der Waals surface area contributed by atoms with Gasteiger partial charge in [-0.25, -0.2) is 4.79 Å². The Kier molecular flexibility index (Phi) is 5.91. The third kappa shape index (κ3) is 5.23. The number of urea groups is 1. The maximum atomic E-state index is 11.8. The van der Waals surface area contributed by atoms with Crippen molar-refractivity contribution in [2.24, 2.45) is 0 Å². The van der Waals surface area contributed by atoms with Crippen LogP contribution in [0.4, 0.5) is 10.5 Å². The summed E-state index contributed by atoms with van der Waals surface area (Å²) >= 11 is 15.2. The number of carbonyl (C=O) groups excluding carboxylic acids is 1. The second-order valence-electron chi connectivity index (χ2n) is 4.38. The molecule has 21 heavy (non-hydrogen) atoms. The van der Waals surface area contributed by atoms with E-state index < -0.39 is 0 Å². The van der Waals surface area contributed by atoms with Crippen LogP contribution < -0.4 is 10.6 Å². The van der Waals surface area contributed by atoms with Crippen LogP contribution in [-0.2, 0) is 6.42 Å². The zero-order valence-corrected chi connectivity index (χ0v) is 14.1. The lowest BCUT2D eigenvalue weighted by atomic mass is 10.1. The van der Waals surface area contributed by atoms with E-state index in [1.807, 2.05) is 24.3 Å². The van der Waals surface area contributed by atoms with Crippen molar-refractivity contribution in [1.29, 1.82) is 0 Å². The molecule has 0 spiro atoms. The van der Waals surface area contributed by atoms with Crippen LogP contribution in [0.1, 0.15) is 5.56 Å². The molecule has 6 heteroatoms. The van der Waals surface area contributed by atoms with Crippen LogP contribution in [0.3, 0.4) is 0 Å². The van der Waals surface area contributed by atoms with Gasteiger partial charge in [-0.2, -0.15) is 0 Å². The van der Waals surface area contributed by atoms with Crippen LogP contribution in [-0.4, -0.2) is 12.6 Å². The van der Waals surface area contributed by atoms with Gasteiger partial charge in [0, 0.05) is 26.8 Å². The molecule has 0 aliphatic heterocycles. The number of hydrogen-bond acceptors (Lipinski definition) is 1. The Hall–Kier alpha value is -1.23. The Morgan fingerprint density at radius 3 is 2.43 bits per heavy atom. The standard InChI is InChI=1S/C15H13BrCl2N2O/c16-14-4-2-1-3-10(14)5-6-19-15(21)20-13-8-11(17)7-12(18)9-13/h1-4,7-9H,5-6H2,(H2,19,20,21). The highest BCUT2D eigenvalue weighted by atomic mass is 79.9. The van der Waals surface area contributed by atoms with Crippen molar-refractivity contribution in [3.63, 3.8) is 0 Å². The summed E-state index contributed by atoms with van der Waals surface area (Å²) in [6.45, 7) is 0.531. The largest absolute Gasteiger partial charge is 0.338 e. The first-order chi connectivity index (χ1) is 10.0. The minimum absolute atomic E-state index is 0.291. The van der Waals surface area contributed by atoms with E-state index in [9.17, 15) is 4.79 Å². The summed E-state index contributed by atoms with van der Waals surface area (Å²) in [5, 5.41) is 6.44. The van der Waals surface area contributed by atoms with Crippen molar-refractivity contribution in [1.82, 2.24) is 5.32 Å². The van der Waals surface area contributed by atoms with E-state index in [4.69, 9.17) is 23.2 Å². The number of carbonyl (C=O) groups is 1. The number of benzene rings is 2. The van der Waals surface area contributed by atoms with E-state index in [1.165, 1.54) is 0 Å². The first-order valence-corrected chi connectivity index (χ1v) is 7.84. The van der Waals surface area contributed by atoms with E-state index in [2.05, 4.69) is 26.6 Å². The van der Waals surface area contributed by atoms with Gasteiger partial charge in [0.1, 0.15) is 0 Å². The van der Waals surface area contributed by atoms with Crippen LogP contribution in [0.5, 0.6) is 0 Å². The van der Waals surface area contributed by atoms with Crippen LogP contribution in [0.2, 0.25) is 10.0 Å². The fourth-order valence-corrected chi connectivity index (χ4v) is 2.82. The maximum absolute atomic E-state index is 11.8. The van der Waals surface area contributed by atoms with Crippen molar-refractivity contribution in [3.8, 4) is 0 Å². The molecule has 2 rings (SSSR count). The van der Waals surface area contributed by atoms with Gasteiger partial charge < -0.3 is 10.6 Å². The molecule has 0 heterocycles. The van der Waals surface area contributed by atoms with E-state index in [1.54, 1.807) is 18.2 Å². The molecule has 110 valence electrons. The molecule has 0 bridgehead atoms. The molecule has 2 amide bonds. The number of halogens is 3. The molecular formula is C15H13BrCl2N2O. The van der Waals surface area contributed by atoms with Crippen LogP contribution in [0.15, 0.2) is 46.9 Å². The second kappa shape index (κ2) is 7.69. The Labute approximate surface area is 141 Å². The summed E-state index contributed by atoms with van der Waals surface area (Å²) in [4.78, 5) is 11.8. The summed E-state index contributed by atoms with van der Waals surface area (Å²) in [7, 11) is 0. The van der Waals surface area contributed by atoms with Gasteiger partial charge in [-0.15, -0.1) is 0 Å². The highest BCUT2D eigenvalue weighted by Gasteiger charge is 2.04. The van der Waals surface area contributed by atoms with Crippen molar-refractivity contribution < 1.29 is 4.79 Å².